The van der Waals surface area contributed by atoms with E-state index in [1.807, 2.05) is 0 Å². The van der Waals surface area contributed by atoms with Gasteiger partial charge in [0.15, 0.2) is 11.6 Å². The van der Waals surface area contributed by atoms with Crippen LogP contribution in [0.1, 0.15) is 17.2 Å². The Morgan fingerprint density at radius 2 is 2.15 bits per heavy atom. The van der Waals surface area contributed by atoms with E-state index < -0.39 is 17.8 Å². The topological polar surface area (TPSA) is 69.5 Å². The zero-order valence-corrected chi connectivity index (χ0v) is 14.0. The fourth-order valence-electron chi connectivity index (χ4n) is 2.55. The molecule has 1 saturated heterocycles. The van der Waals surface area contributed by atoms with Crippen molar-refractivity contribution in [3.05, 3.63) is 41.5 Å². The third-order valence-corrected chi connectivity index (χ3v) is 3.84. The molecule has 0 aliphatic carbocycles. The molecule has 1 amide bonds. The smallest absolute Gasteiger partial charge is 0.416 e. The van der Waals surface area contributed by atoms with Crippen molar-refractivity contribution in [1.29, 1.82) is 0 Å². The fraction of sp³-hybridized carbons (Fsp3) is 0.438. The third kappa shape index (κ3) is 3.96. The highest BCUT2D eigenvalue weighted by molar-refractivity contribution is 5.69. The third-order valence-electron chi connectivity index (χ3n) is 3.84. The molecule has 0 radical (unpaired) electrons. The van der Waals surface area contributed by atoms with E-state index in [0.29, 0.717) is 31.2 Å². The van der Waals surface area contributed by atoms with E-state index in [4.69, 9.17) is 9.47 Å². The van der Waals surface area contributed by atoms with Gasteiger partial charge in [0.2, 0.25) is 0 Å². The molecule has 3 rings (SSSR count). The summed E-state index contributed by atoms with van der Waals surface area (Å²) < 4.78 is 50.2. The summed E-state index contributed by atoms with van der Waals surface area (Å²) in [6, 6.07) is 4.81. The van der Waals surface area contributed by atoms with Crippen LogP contribution >= 0.6 is 0 Å². The summed E-state index contributed by atoms with van der Waals surface area (Å²) >= 11 is 0. The van der Waals surface area contributed by atoms with E-state index in [2.05, 4.69) is 10.1 Å². The number of hydrogen-bond donors (Lipinski definition) is 0. The molecule has 26 heavy (non-hydrogen) atoms. The number of carbonyl (C=O) groups is 1. The molecule has 0 saturated carbocycles. The fourth-order valence-corrected chi connectivity index (χ4v) is 2.55. The minimum atomic E-state index is -4.46. The van der Waals surface area contributed by atoms with Crippen molar-refractivity contribution < 1.29 is 27.4 Å². The van der Waals surface area contributed by atoms with Gasteiger partial charge in [-0.1, -0.05) is 6.07 Å². The maximum absolute atomic E-state index is 13.0. The number of benzene rings is 1. The Labute approximate surface area is 147 Å². The lowest BCUT2D eigenvalue weighted by Crippen LogP contribution is -2.25. The lowest BCUT2D eigenvalue weighted by Gasteiger charge is -2.13. The number of cyclic esters (lactones) is 1. The predicted molar refractivity (Wildman–Crippen MR) is 83.7 cm³/mol. The average molecular weight is 370 g/mol. The van der Waals surface area contributed by atoms with Gasteiger partial charge in [0.05, 0.1) is 30.9 Å². The molecule has 1 aromatic carbocycles. The molecule has 0 atom stereocenters. The van der Waals surface area contributed by atoms with E-state index in [1.54, 1.807) is 0 Å². The Morgan fingerprint density at radius 1 is 1.35 bits per heavy atom. The van der Waals surface area contributed by atoms with Crippen molar-refractivity contribution in [2.45, 2.75) is 19.1 Å². The number of rotatable bonds is 6. The zero-order chi connectivity index (χ0) is 18.7. The number of carbonyl (C=O) groups excluding carboxylic acids is 1. The molecular formula is C16H17F3N4O3. The van der Waals surface area contributed by atoms with Crippen molar-refractivity contribution in [3.63, 3.8) is 0 Å². The Kier molecular flexibility index (Phi) is 5.12. The standard InChI is InChI=1S/C16H17F3N4O3/c1-25-7-5-13-20-14(10-22-6-8-26-15(22)24)23(21-13)12-4-2-3-11(9-12)16(17,18)19/h2-4,9H,5-8,10H2,1H3. The quantitative estimate of drug-likeness (QED) is 0.781. The normalized spacial score (nSPS) is 14.8. The monoisotopic (exact) mass is 370 g/mol. The summed E-state index contributed by atoms with van der Waals surface area (Å²) in [6.45, 7) is 1.13. The molecule has 0 bridgehead atoms. The van der Waals surface area contributed by atoms with Gasteiger partial charge in [-0.3, -0.25) is 4.90 Å². The highest BCUT2D eigenvalue weighted by Crippen LogP contribution is 2.30. The van der Waals surface area contributed by atoms with E-state index in [1.165, 1.54) is 28.8 Å². The Morgan fingerprint density at radius 3 is 2.81 bits per heavy atom. The first-order chi connectivity index (χ1) is 12.4. The Bertz CT molecular complexity index is 791. The summed E-state index contributed by atoms with van der Waals surface area (Å²) in [5, 5.41) is 4.29. The largest absolute Gasteiger partial charge is 0.448 e. The predicted octanol–water partition coefficient (Wildman–Crippen LogP) is 2.43. The van der Waals surface area contributed by atoms with Crippen molar-refractivity contribution in [3.8, 4) is 5.69 Å². The molecule has 0 spiro atoms. The molecule has 2 heterocycles. The number of ether oxygens (including phenoxy) is 2. The van der Waals surface area contributed by atoms with E-state index in [-0.39, 0.29) is 18.8 Å². The number of methoxy groups -OCH3 is 1. The second-order valence-electron chi connectivity index (χ2n) is 5.68. The van der Waals surface area contributed by atoms with Crippen LogP contribution in [0, 0.1) is 0 Å². The molecule has 1 fully saturated rings. The Balaban J connectivity index is 1.96. The average Bonchev–Trinajstić information content (AvgIpc) is 3.19. The van der Waals surface area contributed by atoms with Crippen LogP contribution in [0.25, 0.3) is 5.69 Å². The number of amides is 1. The van der Waals surface area contributed by atoms with Gasteiger partial charge in [-0.25, -0.2) is 14.5 Å². The van der Waals surface area contributed by atoms with Crippen LogP contribution < -0.4 is 0 Å². The number of halogens is 3. The van der Waals surface area contributed by atoms with Gasteiger partial charge in [0, 0.05) is 13.5 Å². The van der Waals surface area contributed by atoms with Gasteiger partial charge in [-0.05, 0) is 18.2 Å². The zero-order valence-electron chi connectivity index (χ0n) is 14.0. The first kappa shape index (κ1) is 18.2. The summed E-state index contributed by atoms with van der Waals surface area (Å²) in [5.41, 5.74) is -0.561. The van der Waals surface area contributed by atoms with Gasteiger partial charge >= 0.3 is 12.3 Å². The molecule has 1 aliphatic heterocycles. The molecule has 1 aromatic heterocycles. The van der Waals surface area contributed by atoms with Crippen molar-refractivity contribution in [1.82, 2.24) is 19.7 Å². The molecule has 0 unspecified atom stereocenters. The number of nitrogens with zero attached hydrogens (tertiary/aromatic N) is 4. The number of hydrogen-bond acceptors (Lipinski definition) is 5. The van der Waals surface area contributed by atoms with Gasteiger partial charge in [-0.15, -0.1) is 0 Å². The van der Waals surface area contributed by atoms with Gasteiger partial charge in [0.25, 0.3) is 0 Å². The summed E-state index contributed by atoms with van der Waals surface area (Å²) in [6.07, 6.45) is -4.55. The van der Waals surface area contributed by atoms with E-state index in [0.717, 1.165) is 12.1 Å². The number of alkyl halides is 3. The van der Waals surface area contributed by atoms with Crippen molar-refractivity contribution >= 4 is 6.09 Å². The minimum Gasteiger partial charge on any atom is -0.448 e. The summed E-state index contributed by atoms with van der Waals surface area (Å²) in [4.78, 5) is 17.4. The van der Waals surface area contributed by atoms with Crippen LogP contribution in [-0.4, -0.2) is 52.6 Å². The molecule has 0 N–H and O–H groups in total. The Hall–Kier alpha value is -2.62. The molecule has 140 valence electrons. The van der Waals surface area contributed by atoms with Crippen LogP contribution in [0.4, 0.5) is 18.0 Å². The SMILES string of the molecule is COCCc1nc(CN2CCOC2=O)n(-c2cccc(C(F)(F)F)c2)n1. The molecule has 10 heteroatoms. The molecule has 2 aromatic rings. The number of aromatic nitrogens is 3. The maximum Gasteiger partial charge on any atom is 0.416 e. The lowest BCUT2D eigenvalue weighted by atomic mass is 10.2. The van der Waals surface area contributed by atoms with E-state index >= 15 is 0 Å². The van der Waals surface area contributed by atoms with Crippen LogP contribution in [0.2, 0.25) is 0 Å². The van der Waals surface area contributed by atoms with Crippen LogP contribution in [0.3, 0.4) is 0 Å². The highest BCUT2D eigenvalue weighted by atomic mass is 19.4. The first-order valence-corrected chi connectivity index (χ1v) is 7.91. The van der Waals surface area contributed by atoms with Crippen LogP contribution in [-0.2, 0) is 28.6 Å². The second kappa shape index (κ2) is 7.32. The lowest BCUT2D eigenvalue weighted by molar-refractivity contribution is -0.137. The molecule has 7 nitrogen and oxygen atoms in total. The molecular weight excluding hydrogens is 353 g/mol. The van der Waals surface area contributed by atoms with Gasteiger partial charge in [0.1, 0.15) is 6.61 Å². The van der Waals surface area contributed by atoms with Gasteiger partial charge in [-0.2, -0.15) is 18.3 Å². The first-order valence-electron chi connectivity index (χ1n) is 7.91. The van der Waals surface area contributed by atoms with Gasteiger partial charge < -0.3 is 9.47 Å². The van der Waals surface area contributed by atoms with Crippen LogP contribution in [0.15, 0.2) is 24.3 Å². The van der Waals surface area contributed by atoms with Crippen LogP contribution in [0.5, 0.6) is 0 Å². The summed E-state index contributed by atoms with van der Waals surface area (Å²) in [5.74, 6) is 0.779. The summed E-state index contributed by atoms with van der Waals surface area (Å²) in [7, 11) is 1.53. The molecule has 1 aliphatic rings. The van der Waals surface area contributed by atoms with Crippen molar-refractivity contribution in [2.75, 3.05) is 26.9 Å². The van der Waals surface area contributed by atoms with E-state index in [9.17, 15) is 18.0 Å². The minimum absolute atomic E-state index is 0.0923. The highest BCUT2D eigenvalue weighted by Gasteiger charge is 2.31. The maximum atomic E-state index is 13.0. The van der Waals surface area contributed by atoms with Crippen molar-refractivity contribution in [2.24, 2.45) is 0 Å². The second-order valence-corrected chi connectivity index (χ2v) is 5.68.